The van der Waals surface area contributed by atoms with E-state index in [9.17, 15) is 4.79 Å². The minimum atomic E-state index is -0.212. The van der Waals surface area contributed by atoms with Crippen LogP contribution in [0.2, 0.25) is 0 Å². The molecule has 1 amide bonds. The van der Waals surface area contributed by atoms with Gasteiger partial charge in [0.25, 0.3) is 5.91 Å². The quantitative estimate of drug-likeness (QED) is 0.543. The molecule has 1 heterocycles. The minimum Gasteiger partial charge on any atom is -0.494 e. The van der Waals surface area contributed by atoms with Crippen LogP contribution in [0.4, 0.5) is 5.82 Å². The third-order valence-electron chi connectivity index (χ3n) is 5.36. The Bertz CT molecular complexity index is 795. The van der Waals surface area contributed by atoms with E-state index in [1.807, 2.05) is 49.8 Å². The van der Waals surface area contributed by atoms with E-state index in [4.69, 9.17) is 15.6 Å². The zero-order chi connectivity index (χ0) is 22.1. The Hall–Kier alpha value is -2.54. The smallest absolute Gasteiger partial charge is 0.257 e. The van der Waals surface area contributed by atoms with Crippen LogP contribution in [0.15, 0.2) is 24.3 Å². The van der Waals surface area contributed by atoms with Crippen molar-refractivity contribution in [3.8, 4) is 17.0 Å². The van der Waals surface area contributed by atoms with E-state index in [1.165, 1.54) is 0 Å². The number of benzene rings is 1. The molecule has 31 heavy (non-hydrogen) atoms. The molecule has 1 saturated carbocycles. The number of nitrogens with one attached hydrogen (secondary N) is 2. The second-order valence-corrected chi connectivity index (χ2v) is 7.39. The van der Waals surface area contributed by atoms with Gasteiger partial charge in [0, 0.05) is 12.6 Å². The highest BCUT2D eigenvalue weighted by atomic mass is 16.5. The van der Waals surface area contributed by atoms with Crippen molar-refractivity contribution < 1.29 is 9.53 Å². The molecule has 0 atom stereocenters. The minimum absolute atomic E-state index is 0. The molecule has 174 valence electrons. The van der Waals surface area contributed by atoms with Gasteiger partial charge in [0.15, 0.2) is 0 Å². The van der Waals surface area contributed by atoms with Crippen molar-refractivity contribution in [2.24, 2.45) is 5.92 Å². The van der Waals surface area contributed by atoms with E-state index in [0.29, 0.717) is 29.6 Å². The molecule has 0 spiro atoms. The maximum absolute atomic E-state index is 12.5. The average Bonchev–Trinajstić information content (AvgIpc) is 3.09. The number of anilines is 1. The summed E-state index contributed by atoms with van der Waals surface area (Å²) in [7, 11) is 3.59. The SMILES string of the molecule is C.CC.CCCOc1ccc(-c2nn(C3CC(CCNC)C3)c(N)c2C(=O)NC)cc1. The third-order valence-corrected chi connectivity index (χ3v) is 5.36. The Kier molecular flexibility index (Phi) is 11.1. The topological polar surface area (TPSA) is 94.2 Å². The molecule has 0 saturated heterocycles. The molecule has 1 aliphatic carbocycles. The Labute approximate surface area is 187 Å². The zero-order valence-electron chi connectivity index (χ0n) is 19.0. The van der Waals surface area contributed by atoms with Gasteiger partial charge in [-0.15, -0.1) is 0 Å². The van der Waals surface area contributed by atoms with Crippen molar-refractivity contribution >= 4 is 11.7 Å². The van der Waals surface area contributed by atoms with Crippen molar-refractivity contribution in [2.45, 2.75) is 59.9 Å². The maximum atomic E-state index is 12.5. The van der Waals surface area contributed by atoms with Crippen molar-refractivity contribution in [2.75, 3.05) is 33.0 Å². The summed E-state index contributed by atoms with van der Waals surface area (Å²) in [6.45, 7) is 7.77. The molecule has 0 aliphatic heterocycles. The van der Waals surface area contributed by atoms with Crippen LogP contribution >= 0.6 is 0 Å². The highest BCUT2D eigenvalue weighted by Crippen LogP contribution is 2.42. The summed E-state index contributed by atoms with van der Waals surface area (Å²) < 4.78 is 7.49. The molecule has 1 aromatic heterocycles. The van der Waals surface area contributed by atoms with Gasteiger partial charge in [-0.1, -0.05) is 28.2 Å². The fourth-order valence-electron chi connectivity index (χ4n) is 3.69. The van der Waals surface area contributed by atoms with Crippen LogP contribution < -0.4 is 21.1 Å². The van der Waals surface area contributed by atoms with Gasteiger partial charge in [-0.3, -0.25) is 4.79 Å². The second kappa shape index (κ2) is 13.0. The van der Waals surface area contributed by atoms with E-state index in [1.54, 1.807) is 7.05 Å². The second-order valence-electron chi connectivity index (χ2n) is 7.39. The van der Waals surface area contributed by atoms with E-state index in [2.05, 4.69) is 17.6 Å². The van der Waals surface area contributed by atoms with Gasteiger partial charge in [0.2, 0.25) is 0 Å². The summed E-state index contributed by atoms with van der Waals surface area (Å²) in [5.74, 6) is 1.72. The number of aromatic nitrogens is 2. The van der Waals surface area contributed by atoms with Crippen molar-refractivity contribution in [3.63, 3.8) is 0 Å². The molecule has 1 aliphatic rings. The number of rotatable bonds is 9. The largest absolute Gasteiger partial charge is 0.494 e. The fraction of sp³-hybridized carbons (Fsp3) is 0.583. The lowest BCUT2D eigenvalue weighted by molar-refractivity contribution is 0.0964. The number of nitrogens with two attached hydrogens (primary N) is 1. The highest BCUT2D eigenvalue weighted by Gasteiger charge is 2.34. The molecule has 7 heteroatoms. The Morgan fingerprint density at radius 2 is 1.87 bits per heavy atom. The molecule has 0 radical (unpaired) electrons. The summed E-state index contributed by atoms with van der Waals surface area (Å²) in [5, 5.41) is 10.6. The van der Waals surface area contributed by atoms with Crippen molar-refractivity contribution in [1.82, 2.24) is 20.4 Å². The summed E-state index contributed by atoms with van der Waals surface area (Å²) in [6.07, 6.45) is 4.21. The first-order valence-electron chi connectivity index (χ1n) is 11.1. The van der Waals surface area contributed by atoms with Crippen LogP contribution in [0.3, 0.4) is 0 Å². The van der Waals surface area contributed by atoms with Gasteiger partial charge in [0.05, 0.1) is 12.6 Å². The molecule has 0 bridgehead atoms. The van der Waals surface area contributed by atoms with Crippen molar-refractivity contribution in [1.29, 1.82) is 0 Å². The zero-order valence-corrected chi connectivity index (χ0v) is 19.0. The van der Waals surface area contributed by atoms with Gasteiger partial charge in [-0.25, -0.2) is 4.68 Å². The van der Waals surface area contributed by atoms with Gasteiger partial charge in [-0.05, 0) is 69.5 Å². The first kappa shape index (κ1) is 26.5. The van der Waals surface area contributed by atoms with Gasteiger partial charge in [0.1, 0.15) is 22.8 Å². The fourth-order valence-corrected chi connectivity index (χ4v) is 3.69. The predicted molar refractivity (Wildman–Crippen MR) is 130 cm³/mol. The van der Waals surface area contributed by atoms with Crippen LogP contribution in [0, 0.1) is 5.92 Å². The number of hydrogen-bond donors (Lipinski definition) is 3. The highest BCUT2D eigenvalue weighted by molar-refractivity contribution is 6.04. The third kappa shape index (κ3) is 6.23. The number of hydrogen-bond acceptors (Lipinski definition) is 5. The molecular formula is C24H41N5O2. The number of ether oxygens (including phenoxy) is 1. The van der Waals surface area contributed by atoms with Crippen LogP contribution in [0.5, 0.6) is 5.75 Å². The predicted octanol–water partition coefficient (Wildman–Crippen LogP) is 4.50. The molecule has 0 unspecified atom stereocenters. The van der Waals surface area contributed by atoms with Gasteiger partial charge >= 0.3 is 0 Å². The van der Waals surface area contributed by atoms with Crippen molar-refractivity contribution in [3.05, 3.63) is 29.8 Å². The Morgan fingerprint density at radius 1 is 1.23 bits per heavy atom. The number of nitrogen functional groups attached to an aromatic ring is 1. The summed E-state index contributed by atoms with van der Waals surface area (Å²) in [5.41, 5.74) is 8.30. The molecule has 3 rings (SSSR count). The molecule has 2 aromatic rings. The van der Waals surface area contributed by atoms with Crippen LogP contribution in [-0.4, -0.2) is 42.9 Å². The summed E-state index contributed by atoms with van der Waals surface area (Å²) >= 11 is 0. The first-order valence-corrected chi connectivity index (χ1v) is 11.1. The summed E-state index contributed by atoms with van der Waals surface area (Å²) in [6, 6.07) is 7.93. The molecule has 1 aromatic carbocycles. The number of nitrogens with zero attached hydrogens (tertiary/aromatic N) is 2. The van der Waals surface area contributed by atoms with E-state index >= 15 is 0 Å². The van der Waals surface area contributed by atoms with E-state index in [-0.39, 0.29) is 19.4 Å². The lowest BCUT2D eigenvalue weighted by Gasteiger charge is -2.36. The molecule has 7 nitrogen and oxygen atoms in total. The Balaban J connectivity index is 0.00000156. The molecular weight excluding hydrogens is 390 g/mol. The number of carbonyl (C=O) groups is 1. The standard InChI is InChI=1S/C21H31N5O2.C2H6.CH4/c1-4-11-28-17-7-5-15(6-8-17)19-18(21(27)24-3)20(22)26(25-19)16-12-14(13-16)9-10-23-2;1-2;/h5-8,14,16,23H,4,9-13,22H2,1-3H3,(H,24,27);1-2H3;1H4. The molecule has 1 fully saturated rings. The lowest BCUT2D eigenvalue weighted by Crippen LogP contribution is -2.30. The Morgan fingerprint density at radius 3 is 2.42 bits per heavy atom. The van der Waals surface area contributed by atoms with Crippen LogP contribution in [0.1, 0.15) is 70.3 Å². The van der Waals surface area contributed by atoms with Gasteiger partial charge < -0.3 is 21.1 Å². The summed E-state index contributed by atoms with van der Waals surface area (Å²) in [4.78, 5) is 12.5. The molecule has 4 N–H and O–H groups in total. The number of amides is 1. The monoisotopic (exact) mass is 431 g/mol. The van der Waals surface area contributed by atoms with Gasteiger partial charge in [-0.2, -0.15) is 5.10 Å². The van der Waals surface area contributed by atoms with E-state index in [0.717, 1.165) is 43.5 Å². The van der Waals surface area contributed by atoms with Crippen LogP contribution in [0.25, 0.3) is 11.3 Å². The maximum Gasteiger partial charge on any atom is 0.257 e. The first-order chi connectivity index (χ1) is 14.6. The van der Waals surface area contributed by atoms with Crippen LogP contribution in [-0.2, 0) is 0 Å². The van der Waals surface area contributed by atoms with E-state index < -0.39 is 0 Å². The normalized spacial score (nSPS) is 16.9. The average molecular weight is 432 g/mol. The number of carbonyl (C=O) groups excluding carboxylic acids is 1. The lowest BCUT2D eigenvalue weighted by atomic mass is 9.78.